The van der Waals surface area contributed by atoms with Crippen molar-refractivity contribution in [3.63, 3.8) is 0 Å². The van der Waals surface area contributed by atoms with E-state index >= 15 is 0 Å². The number of hydrogen-bond acceptors (Lipinski definition) is 3. The molecule has 0 aromatic carbocycles. The first kappa shape index (κ1) is 12.2. The zero-order valence-electron chi connectivity index (χ0n) is 11.1. The Morgan fingerprint density at radius 1 is 1.44 bits per heavy atom. The Morgan fingerprint density at radius 2 is 2.22 bits per heavy atom. The summed E-state index contributed by atoms with van der Waals surface area (Å²) in [5.74, 6) is 0.953. The number of aromatic nitrogens is 1. The van der Waals surface area contributed by atoms with E-state index in [2.05, 4.69) is 16.8 Å². The van der Waals surface area contributed by atoms with Crippen molar-refractivity contribution in [2.45, 2.75) is 58.0 Å². The lowest BCUT2D eigenvalue weighted by atomic mass is 9.85. The standard InChI is InChI=1S/C14H20N2OS/c1-9-7-11-5-3-4-6-12(11)16(9)14(17)13-8-15-10(2)18-13/h8-9,11-12H,3-7H2,1-2H3. The van der Waals surface area contributed by atoms with Crippen LogP contribution in [0.1, 0.15) is 53.7 Å². The summed E-state index contributed by atoms with van der Waals surface area (Å²) >= 11 is 1.52. The highest BCUT2D eigenvalue weighted by molar-refractivity contribution is 7.13. The number of thiazole rings is 1. The molecule has 3 atom stereocenters. The predicted octanol–water partition coefficient (Wildman–Crippen LogP) is 3.24. The summed E-state index contributed by atoms with van der Waals surface area (Å²) in [5, 5.41) is 0.977. The molecule has 3 unspecified atom stereocenters. The van der Waals surface area contributed by atoms with Gasteiger partial charge in [0.2, 0.25) is 0 Å². The van der Waals surface area contributed by atoms with Crippen LogP contribution < -0.4 is 0 Å². The van der Waals surface area contributed by atoms with E-state index in [1.807, 2.05) is 6.92 Å². The van der Waals surface area contributed by atoms with E-state index in [0.29, 0.717) is 12.1 Å². The largest absolute Gasteiger partial charge is 0.332 e. The van der Waals surface area contributed by atoms with Crippen molar-refractivity contribution in [1.29, 1.82) is 0 Å². The van der Waals surface area contributed by atoms with Gasteiger partial charge in [0.15, 0.2) is 0 Å². The molecule has 3 rings (SSSR count). The van der Waals surface area contributed by atoms with Gasteiger partial charge < -0.3 is 4.90 Å². The normalized spacial score (nSPS) is 31.4. The second-order valence-electron chi connectivity index (χ2n) is 5.65. The van der Waals surface area contributed by atoms with Crippen LogP contribution in [0.15, 0.2) is 6.20 Å². The molecule has 2 aliphatic rings. The summed E-state index contributed by atoms with van der Waals surface area (Å²) < 4.78 is 0. The average Bonchev–Trinajstić information content (AvgIpc) is 2.91. The van der Waals surface area contributed by atoms with Crippen LogP contribution in [-0.2, 0) is 0 Å². The van der Waals surface area contributed by atoms with E-state index in [1.165, 1.54) is 43.4 Å². The monoisotopic (exact) mass is 264 g/mol. The minimum atomic E-state index is 0.211. The van der Waals surface area contributed by atoms with Gasteiger partial charge in [-0.3, -0.25) is 4.79 Å². The van der Waals surface area contributed by atoms with Crippen molar-refractivity contribution in [3.05, 3.63) is 16.1 Å². The van der Waals surface area contributed by atoms with Gasteiger partial charge in [0.05, 0.1) is 11.2 Å². The first-order valence-corrected chi connectivity index (χ1v) is 7.73. The Labute approximate surface area is 112 Å². The number of amides is 1. The summed E-state index contributed by atoms with van der Waals surface area (Å²) in [6.45, 7) is 4.16. The maximum Gasteiger partial charge on any atom is 0.266 e. The fourth-order valence-electron chi connectivity index (χ4n) is 3.65. The molecule has 18 heavy (non-hydrogen) atoms. The minimum absolute atomic E-state index is 0.211. The number of hydrogen-bond donors (Lipinski definition) is 0. The minimum Gasteiger partial charge on any atom is -0.332 e. The van der Waals surface area contributed by atoms with Crippen LogP contribution >= 0.6 is 11.3 Å². The summed E-state index contributed by atoms with van der Waals surface area (Å²) in [6, 6.07) is 0.886. The first-order valence-electron chi connectivity index (χ1n) is 6.92. The van der Waals surface area contributed by atoms with Crippen molar-refractivity contribution >= 4 is 17.2 Å². The van der Waals surface area contributed by atoms with Gasteiger partial charge in [-0.25, -0.2) is 4.98 Å². The molecule has 0 radical (unpaired) electrons. The summed E-state index contributed by atoms with van der Waals surface area (Å²) in [4.78, 5) is 19.8. The third-order valence-electron chi connectivity index (χ3n) is 4.41. The molecule has 0 N–H and O–H groups in total. The molecular weight excluding hydrogens is 244 g/mol. The van der Waals surface area contributed by atoms with Crippen molar-refractivity contribution in [2.75, 3.05) is 0 Å². The molecule has 1 aromatic rings. The lowest BCUT2D eigenvalue weighted by Gasteiger charge is -2.32. The molecule has 1 saturated heterocycles. The van der Waals surface area contributed by atoms with Crippen LogP contribution in [0.2, 0.25) is 0 Å². The molecule has 1 aromatic heterocycles. The lowest BCUT2D eigenvalue weighted by molar-refractivity contribution is 0.0638. The molecule has 2 heterocycles. The van der Waals surface area contributed by atoms with Crippen molar-refractivity contribution < 1.29 is 4.79 Å². The third-order valence-corrected chi connectivity index (χ3v) is 5.31. The fraction of sp³-hybridized carbons (Fsp3) is 0.714. The van der Waals surface area contributed by atoms with Crippen molar-refractivity contribution in [2.24, 2.45) is 5.92 Å². The fourth-order valence-corrected chi connectivity index (χ4v) is 4.37. The van der Waals surface area contributed by atoms with Crippen LogP contribution in [0.5, 0.6) is 0 Å². The highest BCUT2D eigenvalue weighted by atomic mass is 32.1. The van der Waals surface area contributed by atoms with E-state index < -0.39 is 0 Å². The molecule has 1 aliphatic carbocycles. The molecular formula is C14H20N2OS. The number of carbonyl (C=O) groups is 1. The maximum absolute atomic E-state index is 12.6. The number of likely N-dealkylation sites (tertiary alicyclic amines) is 1. The van der Waals surface area contributed by atoms with Crippen LogP contribution in [0.25, 0.3) is 0 Å². The Bertz CT molecular complexity index is 456. The smallest absolute Gasteiger partial charge is 0.266 e. The second-order valence-corrected chi connectivity index (χ2v) is 6.89. The topological polar surface area (TPSA) is 33.2 Å². The van der Waals surface area contributed by atoms with Crippen molar-refractivity contribution in [3.8, 4) is 0 Å². The highest BCUT2D eigenvalue weighted by Gasteiger charge is 2.42. The Hall–Kier alpha value is -0.900. The van der Waals surface area contributed by atoms with E-state index in [-0.39, 0.29) is 5.91 Å². The SMILES string of the molecule is Cc1ncc(C(=O)N2C(C)CC3CCCCC32)s1. The number of fused-ring (bicyclic) bond motifs is 1. The van der Waals surface area contributed by atoms with Gasteiger partial charge in [-0.2, -0.15) is 0 Å². The van der Waals surface area contributed by atoms with Gasteiger partial charge in [-0.05, 0) is 39.0 Å². The molecule has 0 spiro atoms. The van der Waals surface area contributed by atoms with E-state index in [4.69, 9.17) is 0 Å². The molecule has 1 amide bonds. The number of aryl methyl sites for hydroxylation is 1. The molecule has 98 valence electrons. The Morgan fingerprint density at radius 3 is 2.94 bits per heavy atom. The quantitative estimate of drug-likeness (QED) is 0.780. The first-order chi connectivity index (χ1) is 8.66. The van der Waals surface area contributed by atoms with Gasteiger partial charge in [-0.1, -0.05) is 12.8 Å². The average molecular weight is 264 g/mol. The zero-order chi connectivity index (χ0) is 12.7. The molecule has 1 saturated carbocycles. The highest BCUT2D eigenvalue weighted by Crippen LogP contribution is 2.40. The Balaban J connectivity index is 1.84. The Kier molecular flexibility index (Phi) is 3.14. The predicted molar refractivity (Wildman–Crippen MR) is 72.8 cm³/mol. The molecule has 4 heteroatoms. The molecule has 3 nitrogen and oxygen atoms in total. The number of rotatable bonds is 1. The summed E-state index contributed by atoms with van der Waals surface area (Å²) in [5.41, 5.74) is 0. The van der Waals surface area contributed by atoms with E-state index in [0.717, 1.165) is 15.8 Å². The van der Waals surface area contributed by atoms with Crippen LogP contribution in [-0.4, -0.2) is 27.9 Å². The van der Waals surface area contributed by atoms with E-state index in [9.17, 15) is 4.79 Å². The van der Waals surface area contributed by atoms with Gasteiger partial charge >= 0.3 is 0 Å². The molecule has 0 bridgehead atoms. The van der Waals surface area contributed by atoms with Gasteiger partial charge in [0, 0.05) is 12.1 Å². The lowest BCUT2D eigenvalue weighted by Crippen LogP contribution is -2.42. The number of carbonyl (C=O) groups excluding carboxylic acids is 1. The van der Waals surface area contributed by atoms with Gasteiger partial charge in [0.25, 0.3) is 5.91 Å². The maximum atomic E-state index is 12.6. The van der Waals surface area contributed by atoms with Crippen LogP contribution in [0.4, 0.5) is 0 Å². The number of nitrogens with zero attached hydrogens (tertiary/aromatic N) is 2. The third kappa shape index (κ3) is 1.96. The van der Waals surface area contributed by atoms with Crippen LogP contribution in [0, 0.1) is 12.8 Å². The van der Waals surface area contributed by atoms with Crippen molar-refractivity contribution in [1.82, 2.24) is 9.88 Å². The second kappa shape index (κ2) is 4.65. The van der Waals surface area contributed by atoms with E-state index in [1.54, 1.807) is 6.20 Å². The molecule has 1 aliphatic heterocycles. The summed E-state index contributed by atoms with van der Waals surface area (Å²) in [7, 11) is 0. The summed E-state index contributed by atoms with van der Waals surface area (Å²) in [6.07, 6.45) is 8.05. The zero-order valence-corrected chi connectivity index (χ0v) is 11.9. The molecule has 2 fully saturated rings. The van der Waals surface area contributed by atoms with Gasteiger partial charge in [-0.15, -0.1) is 11.3 Å². The van der Waals surface area contributed by atoms with Gasteiger partial charge in [0.1, 0.15) is 4.88 Å². The van der Waals surface area contributed by atoms with Crippen LogP contribution in [0.3, 0.4) is 0 Å².